The van der Waals surface area contributed by atoms with Crippen LogP contribution in [0.1, 0.15) is 97.3 Å². The van der Waals surface area contributed by atoms with Crippen LogP contribution in [0, 0.1) is 5.92 Å². The molecule has 0 aliphatic heterocycles. The molecule has 0 aromatic heterocycles. The highest BCUT2D eigenvalue weighted by atomic mass is 16.3. The highest BCUT2D eigenvalue weighted by molar-refractivity contribution is 4.63. The molecule has 0 aliphatic rings. The second kappa shape index (κ2) is 15.3. The van der Waals surface area contributed by atoms with Crippen LogP contribution in [-0.4, -0.2) is 22.9 Å². The Labute approximate surface area is 127 Å². The van der Waals surface area contributed by atoms with Crippen LogP contribution in [0.3, 0.4) is 0 Å². The van der Waals surface area contributed by atoms with Crippen molar-refractivity contribution in [3.8, 4) is 0 Å². The third-order valence-electron chi connectivity index (χ3n) is 4.35. The van der Waals surface area contributed by atoms with E-state index in [0.717, 1.165) is 12.8 Å². The van der Waals surface area contributed by atoms with E-state index in [1.54, 1.807) is 6.92 Å². The fourth-order valence-corrected chi connectivity index (χ4v) is 2.73. The molecular weight excluding hydrogens is 248 g/mol. The van der Waals surface area contributed by atoms with E-state index in [0.29, 0.717) is 0 Å². The first-order chi connectivity index (χ1) is 9.72. The maximum atomic E-state index is 9.43. The lowest BCUT2D eigenvalue weighted by Crippen LogP contribution is -2.20. The molecule has 0 saturated heterocycles. The van der Waals surface area contributed by atoms with E-state index in [4.69, 9.17) is 5.11 Å². The fourth-order valence-electron chi connectivity index (χ4n) is 2.73. The Morgan fingerprint density at radius 2 is 1.10 bits per heavy atom. The summed E-state index contributed by atoms with van der Waals surface area (Å²) in [6.45, 7) is 4.17. The number of hydrogen-bond donors (Lipinski definition) is 2. The molecule has 2 N–H and O–H groups in total. The molecule has 0 bridgehead atoms. The molecule has 0 amide bonds. The van der Waals surface area contributed by atoms with Gasteiger partial charge in [0.25, 0.3) is 0 Å². The van der Waals surface area contributed by atoms with Crippen molar-refractivity contribution in [2.24, 2.45) is 5.92 Å². The summed E-state index contributed by atoms with van der Waals surface area (Å²) in [6.07, 6.45) is 16.9. The first-order valence-electron chi connectivity index (χ1n) is 9.01. The molecule has 0 aliphatic carbocycles. The monoisotopic (exact) mass is 286 g/mol. The molecular formula is C18H38O2. The highest BCUT2D eigenvalue weighted by Gasteiger charge is 2.12. The molecule has 0 spiro atoms. The average Bonchev–Trinajstić information content (AvgIpc) is 2.43. The summed E-state index contributed by atoms with van der Waals surface area (Å²) in [5.41, 5.74) is 0. The summed E-state index contributed by atoms with van der Waals surface area (Å²) in [5, 5.41) is 18.5. The van der Waals surface area contributed by atoms with Crippen LogP contribution in [-0.2, 0) is 0 Å². The van der Waals surface area contributed by atoms with Crippen LogP contribution in [0.2, 0.25) is 0 Å². The Morgan fingerprint density at radius 3 is 1.45 bits per heavy atom. The van der Waals surface area contributed by atoms with E-state index in [1.807, 2.05) is 0 Å². The second-order valence-corrected chi connectivity index (χ2v) is 6.36. The van der Waals surface area contributed by atoms with Crippen LogP contribution in [0.25, 0.3) is 0 Å². The molecule has 2 unspecified atom stereocenters. The van der Waals surface area contributed by atoms with E-state index in [2.05, 4.69) is 6.92 Å². The van der Waals surface area contributed by atoms with Crippen molar-refractivity contribution < 1.29 is 10.2 Å². The Kier molecular flexibility index (Phi) is 15.3. The van der Waals surface area contributed by atoms with Gasteiger partial charge in [0.15, 0.2) is 0 Å². The van der Waals surface area contributed by atoms with E-state index in [9.17, 15) is 5.11 Å². The first-order valence-corrected chi connectivity index (χ1v) is 9.01. The Hall–Kier alpha value is -0.0800. The quantitative estimate of drug-likeness (QED) is 0.413. The van der Waals surface area contributed by atoms with Crippen LogP contribution in [0.15, 0.2) is 0 Å². The largest absolute Gasteiger partial charge is 0.396 e. The number of rotatable bonds is 15. The maximum absolute atomic E-state index is 9.43. The normalized spacial score (nSPS) is 14.4. The van der Waals surface area contributed by atoms with E-state index < -0.39 is 0 Å². The lowest BCUT2D eigenvalue weighted by Gasteiger charge is -2.16. The van der Waals surface area contributed by atoms with E-state index in [1.165, 1.54) is 70.6 Å². The molecule has 0 saturated carbocycles. The lowest BCUT2D eigenvalue weighted by atomic mass is 9.96. The topological polar surface area (TPSA) is 40.5 Å². The van der Waals surface area contributed by atoms with Gasteiger partial charge in [-0.1, -0.05) is 84.0 Å². The number of aliphatic hydroxyl groups is 2. The van der Waals surface area contributed by atoms with Crippen molar-refractivity contribution in [2.75, 3.05) is 6.61 Å². The fraction of sp³-hybridized carbons (Fsp3) is 1.00. The van der Waals surface area contributed by atoms with Crippen molar-refractivity contribution in [3.05, 3.63) is 0 Å². The van der Waals surface area contributed by atoms with Gasteiger partial charge in [-0.2, -0.15) is 0 Å². The minimum Gasteiger partial charge on any atom is -0.396 e. The molecule has 122 valence electrons. The number of hydrogen-bond acceptors (Lipinski definition) is 2. The molecule has 2 heteroatoms. The second-order valence-electron chi connectivity index (χ2n) is 6.36. The average molecular weight is 286 g/mol. The van der Waals surface area contributed by atoms with E-state index >= 15 is 0 Å². The van der Waals surface area contributed by atoms with Crippen molar-refractivity contribution in [1.29, 1.82) is 0 Å². The minimum absolute atomic E-state index is 0.0816. The van der Waals surface area contributed by atoms with Gasteiger partial charge in [-0.3, -0.25) is 0 Å². The zero-order valence-electron chi connectivity index (χ0n) is 13.9. The molecule has 2 atom stereocenters. The van der Waals surface area contributed by atoms with Crippen LogP contribution in [0.4, 0.5) is 0 Å². The molecule has 0 aromatic carbocycles. The summed E-state index contributed by atoms with van der Waals surface area (Å²) >= 11 is 0. The molecule has 0 radical (unpaired) electrons. The summed E-state index contributed by atoms with van der Waals surface area (Å²) < 4.78 is 0. The van der Waals surface area contributed by atoms with Gasteiger partial charge >= 0.3 is 0 Å². The van der Waals surface area contributed by atoms with Crippen molar-refractivity contribution in [1.82, 2.24) is 0 Å². The molecule has 0 aromatic rings. The van der Waals surface area contributed by atoms with E-state index in [-0.39, 0.29) is 18.6 Å². The van der Waals surface area contributed by atoms with Gasteiger partial charge in [-0.05, 0) is 13.3 Å². The van der Waals surface area contributed by atoms with Crippen LogP contribution in [0.5, 0.6) is 0 Å². The van der Waals surface area contributed by atoms with Gasteiger partial charge in [0.2, 0.25) is 0 Å². The highest BCUT2D eigenvalue weighted by Crippen LogP contribution is 2.16. The molecule has 2 nitrogen and oxygen atoms in total. The predicted octanol–water partition coefficient (Wildman–Crippen LogP) is 5.07. The molecule has 0 fully saturated rings. The maximum Gasteiger partial charge on any atom is 0.0562 e. The zero-order chi connectivity index (χ0) is 15.1. The molecule has 20 heavy (non-hydrogen) atoms. The smallest absolute Gasteiger partial charge is 0.0562 e. The summed E-state index contributed by atoms with van der Waals surface area (Å²) in [4.78, 5) is 0. The standard InChI is InChI=1S/C18H38O2/c1-3-4-5-6-7-8-9-10-11-12-13-14-15-18(16-19)17(2)20/h17-20H,3-16H2,1-2H3. The summed E-state index contributed by atoms with van der Waals surface area (Å²) in [7, 11) is 0. The van der Waals surface area contributed by atoms with Gasteiger partial charge in [-0.15, -0.1) is 0 Å². The predicted molar refractivity (Wildman–Crippen MR) is 88.0 cm³/mol. The van der Waals surface area contributed by atoms with Gasteiger partial charge < -0.3 is 10.2 Å². The molecule has 0 rings (SSSR count). The molecule has 0 heterocycles. The number of unbranched alkanes of at least 4 members (excludes halogenated alkanes) is 11. The minimum atomic E-state index is -0.368. The number of aliphatic hydroxyl groups excluding tert-OH is 2. The van der Waals surface area contributed by atoms with Gasteiger partial charge in [-0.25, -0.2) is 0 Å². The van der Waals surface area contributed by atoms with Gasteiger partial charge in [0, 0.05) is 12.5 Å². The SMILES string of the molecule is CCCCCCCCCCCCCCC(CO)C(C)O. The third-order valence-corrected chi connectivity index (χ3v) is 4.35. The van der Waals surface area contributed by atoms with Crippen LogP contribution < -0.4 is 0 Å². The van der Waals surface area contributed by atoms with Crippen molar-refractivity contribution in [3.63, 3.8) is 0 Å². The Morgan fingerprint density at radius 1 is 0.700 bits per heavy atom. The van der Waals surface area contributed by atoms with Crippen LogP contribution >= 0.6 is 0 Å². The Balaban J connectivity index is 3.13. The first kappa shape index (κ1) is 19.9. The lowest BCUT2D eigenvalue weighted by molar-refractivity contribution is 0.0741. The van der Waals surface area contributed by atoms with Crippen molar-refractivity contribution >= 4 is 0 Å². The van der Waals surface area contributed by atoms with Crippen molar-refractivity contribution in [2.45, 2.75) is 103 Å². The van der Waals surface area contributed by atoms with Gasteiger partial charge in [0.05, 0.1) is 6.10 Å². The zero-order valence-corrected chi connectivity index (χ0v) is 13.9. The Bertz CT molecular complexity index is 180. The third kappa shape index (κ3) is 12.9. The summed E-state index contributed by atoms with van der Waals surface area (Å²) in [6, 6.07) is 0. The van der Waals surface area contributed by atoms with Gasteiger partial charge in [0.1, 0.15) is 0 Å². The summed E-state index contributed by atoms with van der Waals surface area (Å²) in [5.74, 6) is 0.0816.